The first-order valence-electron chi connectivity index (χ1n) is 9.26. The van der Waals surface area contributed by atoms with Crippen molar-refractivity contribution < 1.29 is 19.1 Å². The quantitative estimate of drug-likeness (QED) is 0.722. The highest BCUT2D eigenvalue weighted by atomic mass is 16.5. The van der Waals surface area contributed by atoms with E-state index in [2.05, 4.69) is 5.32 Å². The lowest BCUT2D eigenvalue weighted by Gasteiger charge is -2.27. The van der Waals surface area contributed by atoms with Gasteiger partial charge in [-0.3, -0.25) is 9.59 Å². The molecular formula is C22H28N2O4. The highest BCUT2D eigenvalue weighted by Crippen LogP contribution is 2.27. The number of hydrogen-bond donors (Lipinski definition) is 1. The second-order valence-electron chi connectivity index (χ2n) is 6.54. The van der Waals surface area contributed by atoms with Crippen molar-refractivity contribution in [2.45, 2.75) is 32.9 Å². The fourth-order valence-electron chi connectivity index (χ4n) is 2.96. The molecule has 2 aromatic rings. The number of nitrogens with zero attached hydrogens (tertiary/aromatic N) is 1. The van der Waals surface area contributed by atoms with Gasteiger partial charge in [-0.1, -0.05) is 36.4 Å². The SMILES string of the molecule is COc1ccc(CCNC(=O)C(C)N(Cc2ccccc2)C(C)=O)cc1OC. The van der Waals surface area contributed by atoms with Crippen LogP contribution in [0.25, 0.3) is 0 Å². The van der Waals surface area contributed by atoms with Crippen molar-refractivity contribution in [1.82, 2.24) is 10.2 Å². The number of carbonyl (C=O) groups is 2. The standard InChI is InChI=1S/C22H28N2O4/c1-16(24(17(2)25)15-19-8-6-5-7-9-19)22(26)23-13-12-18-10-11-20(27-3)21(14-18)28-4/h5-11,14,16H,12-13,15H2,1-4H3,(H,23,26). The van der Waals surface area contributed by atoms with Crippen molar-refractivity contribution in [3.8, 4) is 11.5 Å². The third-order valence-corrected chi connectivity index (χ3v) is 4.61. The van der Waals surface area contributed by atoms with Crippen LogP contribution >= 0.6 is 0 Å². The van der Waals surface area contributed by atoms with Crippen molar-refractivity contribution >= 4 is 11.8 Å². The maximum Gasteiger partial charge on any atom is 0.242 e. The van der Waals surface area contributed by atoms with Crippen LogP contribution in [0.3, 0.4) is 0 Å². The Labute approximate surface area is 166 Å². The zero-order chi connectivity index (χ0) is 20.5. The van der Waals surface area contributed by atoms with Gasteiger partial charge in [0, 0.05) is 20.0 Å². The Morgan fingerprint density at radius 3 is 2.29 bits per heavy atom. The maximum atomic E-state index is 12.5. The Bertz CT molecular complexity index is 792. The lowest BCUT2D eigenvalue weighted by Crippen LogP contribution is -2.47. The molecule has 0 bridgehead atoms. The van der Waals surface area contributed by atoms with Gasteiger partial charge in [0.25, 0.3) is 0 Å². The first kappa shape index (κ1) is 21.3. The molecule has 0 heterocycles. The molecular weight excluding hydrogens is 356 g/mol. The van der Waals surface area contributed by atoms with E-state index in [9.17, 15) is 9.59 Å². The predicted molar refractivity (Wildman–Crippen MR) is 108 cm³/mol. The van der Waals surface area contributed by atoms with Gasteiger partial charge in [0.05, 0.1) is 14.2 Å². The van der Waals surface area contributed by atoms with Crippen LogP contribution in [-0.2, 0) is 22.6 Å². The van der Waals surface area contributed by atoms with Gasteiger partial charge < -0.3 is 19.7 Å². The lowest BCUT2D eigenvalue weighted by atomic mass is 10.1. The van der Waals surface area contributed by atoms with E-state index in [-0.39, 0.29) is 11.8 Å². The molecule has 0 aliphatic carbocycles. The first-order valence-corrected chi connectivity index (χ1v) is 9.26. The van der Waals surface area contributed by atoms with Crippen LogP contribution in [0.15, 0.2) is 48.5 Å². The summed E-state index contributed by atoms with van der Waals surface area (Å²) in [6.07, 6.45) is 0.650. The summed E-state index contributed by atoms with van der Waals surface area (Å²) in [7, 11) is 3.18. The van der Waals surface area contributed by atoms with Crippen molar-refractivity contribution in [1.29, 1.82) is 0 Å². The molecule has 0 saturated heterocycles. The van der Waals surface area contributed by atoms with Crippen molar-refractivity contribution in [2.75, 3.05) is 20.8 Å². The van der Waals surface area contributed by atoms with Crippen LogP contribution in [0.4, 0.5) is 0 Å². The molecule has 2 aromatic carbocycles. The monoisotopic (exact) mass is 384 g/mol. The second-order valence-corrected chi connectivity index (χ2v) is 6.54. The van der Waals surface area contributed by atoms with Crippen LogP contribution in [0.1, 0.15) is 25.0 Å². The number of amides is 2. The molecule has 0 spiro atoms. The molecule has 0 aliphatic heterocycles. The normalized spacial score (nSPS) is 11.4. The number of methoxy groups -OCH3 is 2. The Morgan fingerprint density at radius 1 is 1.00 bits per heavy atom. The largest absolute Gasteiger partial charge is 0.493 e. The Hall–Kier alpha value is -3.02. The average molecular weight is 384 g/mol. The first-order chi connectivity index (χ1) is 13.5. The minimum absolute atomic E-state index is 0.133. The van der Waals surface area contributed by atoms with Crippen LogP contribution < -0.4 is 14.8 Å². The third kappa shape index (κ3) is 5.74. The summed E-state index contributed by atoms with van der Waals surface area (Å²) in [4.78, 5) is 26.2. The number of carbonyl (C=O) groups excluding carboxylic acids is 2. The predicted octanol–water partition coefficient (Wildman–Crippen LogP) is 2.80. The summed E-state index contributed by atoms with van der Waals surface area (Å²) in [6.45, 7) is 4.10. The summed E-state index contributed by atoms with van der Waals surface area (Å²) in [5.41, 5.74) is 2.01. The van der Waals surface area contributed by atoms with Gasteiger partial charge in [-0.15, -0.1) is 0 Å². The summed E-state index contributed by atoms with van der Waals surface area (Å²) >= 11 is 0. The van der Waals surface area contributed by atoms with Crippen LogP contribution in [-0.4, -0.2) is 43.5 Å². The van der Waals surface area contributed by atoms with E-state index in [1.807, 2.05) is 48.5 Å². The molecule has 1 unspecified atom stereocenters. The van der Waals surface area contributed by atoms with E-state index >= 15 is 0 Å². The highest BCUT2D eigenvalue weighted by Gasteiger charge is 2.23. The van der Waals surface area contributed by atoms with Gasteiger partial charge in [-0.25, -0.2) is 0 Å². The lowest BCUT2D eigenvalue weighted by molar-refractivity contribution is -0.138. The minimum Gasteiger partial charge on any atom is -0.493 e. The molecule has 6 heteroatoms. The van der Waals surface area contributed by atoms with E-state index in [4.69, 9.17) is 9.47 Å². The molecule has 28 heavy (non-hydrogen) atoms. The summed E-state index contributed by atoms with van der Waals surface area (Å²) in [5, 5.41) is 2.91. The number of hydrogen-bond acceptors (Lipinski definition) is 4. The van der Waals surface area contributed by atoms with Gasteiger partial charge in [-0.05, 0) is 36.6 Å². The maximum absolute atomic E-state index is 12.5. The Balaban J connectivity index is 1.92. The minimum atomic E-state index is -0.553. The molecule has 0 fully saturated rings. The van der Waals surface area contributed by atoms with E-state index < -0.39 is 6.04 Å². The number of nitrogens with one attached hydrogen (secondary N) is 1. The molecule has 2 rings (SSSR count). The van der Waals surface area contributed by atoms with E-state index in [1.54, 1.807) is 26.0 Å². The van der Waals surface area contributed by atoms with Crippen LogP contribution in [0.2, 0.25) is 0 Å². The summed E-state index contributed by atoms with van der Waals surface area (Å²) in [5.74, 6) is 1.02. The van der Waals surface area contributed by atoms with E-state index in [1.165, 1.54) is 6.92 Å². The van der Waals surface area contributed by atoms with Crippen molar-refractivity contribution in [2.24, 2.45) is 0 Å². The molecule has 6 nitrogen and oxygen atoms in total. The molecule has 0 radical (unpaired) electrons. The third-order valence-electron chi connectivity index (χ3n) is 4.61. The smallest absolute Gasteiger partial charge is 0.242 e. The second kappa shape index (κ2) is 10.3. The number of benzene rings is 2. The van der Waals surface area contributed by atoms with Crippen LogP contribution in [0.5, 0.6) is 11.5 Å². The van der Waals surface area contributed by atoms with E-state index in [0.717, 1.165) is 11.1 Å². The van der Waals surface area contributed by atoms with Crippen molar-refractivity contribution in [3.63, 3.8) is 0 Å². The fraction of sp³-hybridized carbons (Fsp3) is 0.364. The van der Waals surface area contributed by atoms with Gasteiger partial charge in [0.15, 0.2) is 11.5 Å². The van der Waals surface area contributed by atoms with Crippen LogP contribution in [0, 0.1) is 0 Å². The zero-order valence-electron chi connectivity index (χ0n) is 16.9. The van der Waals surface area contributed by atoms with Gasteiger partial charge in [0.2, 0.25) is 11.8 Å². The summed E-state index contributed by atoms with van der Waals surface area (Å²) < 4.78 is 10.5. The molecule has 150 valence electrons. The van der Waals surface area contributed by atoms with Gasteiger partial charge in [-0.2, -0.15) is 0 Å². The fourth-order valence-corrected chi connectivity index (χ4v) is 2.96. The molecule has 1 atom stereocenters. The molecule has 1 N–H and O–H groups in total. The molecule has 2 amide bonds. The molecule has 0 saturated carbocycles. The van der Waals surface area contributed by atoms with E-state index in [0.29, 0.717) is 31.0 Å². The van der Waals surface area contributed by atoms with Gasteiger partial charge in [0.1, 0.15) is 6.04 Å². The van der Waals surface area contributed by atoms with Gasteiger partial charge >= 0.3 is 0 Å². The Kier molecular flexibility index (Phi) is 7.87. The Morgan fingerprint density at radius 2 is 1.68 bits per heavy atom. The number of ether oxygens (including phenoxy) is 2. The highest BCUT2D eigenvalue weighted by molar-refractivity contribution is 5.86. The zero-order valence-corrected chi connectivity index (χ0v) is 16.9. The molecule has 0 aliphatic rings. The molecule has 0 aromatic heterocycles. The topological polar surface area (TPSA) is 67.9 Å². The average Bonchev–Trinajstić information content (AvgIpc) is 2.71. The number of rotatable bonds is 9. The van der Waals surface area contributed by atoms with Crippen molar-refractivity contribution in [3.05, 3.63) is 59.7 Å². The summed E-state index contributed by atoms with van der Waals surface area (Å²) in [6, 6.07) is 14.8.